The van der Waals surface area contributed by atoms with E-state index in [2.05, 4.69) is 14.3 Å². The molecule has 0 aliphatic carbocycles. The molecule has 0 saturated heterocycles. The highest BCUT2D eigenvalue weighted by Gasteiger charge is 2.15. The van der Waals surface area contributed by atoms with E-state index in [1.807, 2.05) is 0 Å². The van der Waals surface area contributed by atoms with Crippen molar-refractivity contribution in [1.29, 1.82) is 0 Å². The van der Waals surface area contributed by atoms with Crippen LogP contribution < -0.4 is 4.74 Å². The Morgan fingerprint density at radius 3 is 2.26 bits per heavy atom. The molecule has 0 N–H and O–H groups in total. The first-order valence-corrected chi connectivity index (χ1v) is 4.82. The third-order valence-corrected chi connectivity index (χ3v) is 1.75. The SMILES string of the molecule is CC(OC(=O)Oc1ccc([N+](=O)[O-])cc1)O[N+](=O)[O-]. The summed E-state index contributed by atoms with van der Waals surface area (Å²) < 4.78 is 9.00. The molecule has 0 radical (unpaired) electrons. The first-order valence-electron chi connectivity index (χ1n) is 4.82. The van der Waals surface area contributed by atoms with Gasteiger partial charge in [-0.25, -0.2) is 4.79 Å². The van der Waals surface area contributed by atoms with Crippen molar-refractivity contribution in [3.8, 4) is 5.75 Å². The van der Waals surface area contributed by atoms with Crippen molar-refractivity contribution in [3.05, 3.63) is 44.5 Å². The predicted octanol–water partition coefficient (Wildman–Crippen LogP) is 1.66. The summed E-state index contributed by atoms with van der Waals surface area (Å²) in [6, 6.07) is 4.61. The molecule has 0 spiro atoms. The highest BCUT2D eigenvalue weighted by atomic mass is 17.0. The van der Waals surface area contributed by atoms with Crippen LogP contribution in [0.1, 0.15) is 6.92 Å². The Labute approximate surface area is 105 Å². The van der Waals surface area contributed by atoms with Gasteiger partial charge in [-0.15, -0.1) is 10.1 Å². The lowest BCUT2D eigenvalue weighted by molar-refractivity contribution is -0.777. The van der Waals surface area contributed by atoms with Crippen LogP contribution in [0.15, 0.2) is 24.3 Å². The summed E-state index contributed by atoms with van der Waals surface area (Å²) in [4.78, 5) is 34.8. The molecule has 0 aliphatic heterocycles. The van der Waals surface area contributed by atoms with Crippen LogP contribution in [0.4, 0.5) is 10.5 Å². The lowest BCUT2D eigenvalue weighted by Crippen LogP contribution is -2.23. The van der Waals surface area contributed by atoms with E-state index in [0.717, 1.165) is 19.1 Å². The van der Waals surface area contributed by atoms with Gasteiger partial charge in [-0.1, -0.05) is 0 Å². The Kier molecular flexibility index (Phi) is 4.57. The van der Waals surface area contributed by atoms with Gasteiger partial charge in [0.25, 0.3) is 10.8 Å². The summed E-state index contributed by atoms with van der Waals surface area (Å²) in [5.41, 5.74) is -0.175. The van der Waals surface area contributed by atoms with Gasteiger partial charge in [-0.3, -0.25) is 15.0 Å². The van der Waals surface area contributed by atoms with Gasteiger partial charge in [0.15, 0.2) is 0 Å². The van der Waals surface area contributed by atoms with E-state index < -0.39 is 22.5 Å². The second-order valence-corrected chi connectivity index (χ2v) is 3.12. The average molecular weight is 272 g/mol. The number of nitro benzene ring substituents is 1. The normalized spacial score (nSPS) is 11.2. The Morgan fingerprint density at radius 1 is 1.21 bits per heavy atom. The van der Waals surface area contributed by atoms with E-state index in [-0.39, 0.29) is 11.4 Å². The third kappa shape index (κ3) is 4.85. The van der Waals surface area contributed by atoms with Crippen molar-refractivity contribution in [2.45, 2.75) is 13.2 Å². The number of nitrogens with zero attached hydrogens (tertiary/aromatic N) is 2. The maximum absolute atomic E-state index is 11.1. The molecule has 10 nitrogen and oxygen atoms in total. The molecule has 0 heterocycles. The molecule has 0 fully saturated rings. The van der Waals surface area contributed by atoms with Gasteiger partial charge < -0.3 is 9.47 Å². The summed E-state index contributed by atoms with van der Waals surface area (Å²) in [5.74, 6) is -0.0103. The van der Waals surface area contributed by atoms with Crippen LogP contribution in [0.5, 0.6) is 5.75 Å². The summed E-state index contributed by atoms with van der Waals surface area (Å²) in [7, 11) is 0. The second-order valence-electron chi connectivity index (χ2n) is 3.12. The van der Waals surface area contributed by atoms with Crippen molar-refractivity contribution in [2.75, 3.05) is 0 Å². The van der Waals surface area contributed by atoms with E-state index in [4.69, 9.17) is 0 Å². The number of non-ortho nitro benzene ring substituents is 1. The standard InChI is InChI=1S/C9H8N2O8/c1-6(19-11(15)16)17-9(12)18-8-4-2-7(3-5-8)10(13)14/h2-6H,1H3. The van der Waals surface area contributed by atoms with E-state index >= 15 is 0 Å². The zero-order valence-electron chi connectivity index (χ0n) is 9.55. The van der Waals surface area contributed by atoms with E-state index in [0.29, 0.717) is 0 Å². The van der Waals surface area contributed by atoms with Gasteiger partial charge in [0.1, 0.15) is 5.75 Å². The van der Waals surface area contributed by atoms with Gasteiger partial charge in [-0.2, -0.15) is 0 Å². The molecule has 0 amide bonds. The molecule has 1 unspecified atom stereocenters. The Bertz CT molecular complexity index is 485. The fraction of sp³-hybridized carbons (Fsp3) is 0.222. The summed E-state index contributed by atoms with van der Waals surface area (Å²) >= 11 is 0. The van der Waals surface area contributed by atoms with Crippen molar-refractivity contribution in [2.24, 2.45) is 0 Å². The largest absolute Gasteiger partial charge is 0.515 e. The quantitative estimate of drug-likeness (QED) is 0.260. The predicted molar refractivity (Wildman–Crippen MR) is 57.7 cm³/mol. The second kappa shape index (κ2) is 6.14. The monoisotopic (exact) mass is 272 g/mol. The van der Waals surface area contributed by atoms with Crippen LogP contribution in [0.25, 0.3) is 0 Å². The minimum absolute atomic E-state index is 0.0103. The molecule has 1 rings (SSSR count). The van der Waals surface area contributed by atoms with Gasteiger partial charge in [0, 0.05) is 12.1 Å². The van der Waals surface area contributed by atoms with Gasteiger partial charge in [0.05, 0.1) is 4.92 Å². The third-order valence-electron chi connectivity index (χ3n) is 1.75. The lowest BCUT2D eigenvalue weighted by atomic mass is 10.3. The minimum atomic E-state index is -1.43. The number of nitro groups is 1. The number of benzene rings is 1. The first-order chi connectivity index (χ1) is 8.88. The van der Waals surface area contributed by atoms with Crippen molar-refractivity contribution < 1.29 is 29.1 Å². The van der Waals surface area contributed by atoms with Crippen LogP contribution in [-0.2, 0) is 9.57 Å². The van der Waals surface area contributed by atoms with Crippen LogP contribution in [-0.4, -0.2) is 22.5 Å². The fourth-order valence-corrected chi connectivity index (χ4v) is 1.03. The van der Waals surface area contributed by atoms with Gasteiger partial charge >= 0.3 is 6.16 Å². The Morgan fingerprint density at radius 2 is 1.79 bits per heavy atom. The maximum Gasteiger partial charge on any atom is 0.515 e. The molecule has 0 aliphatic rings. The Hall–Kier alpha value is -2.91. The summed E-state index contributed by atoms with van der Waals surface area (Å²) in [5, 5.41) is 19.2. The first kappa shape index (κ1) is 14.2. The topological polar surface area (TPSA) is 131 Å². The molecule has 0 aromatic heterocycles. The molecule has 19 heavy (non-hydrogen) atoms. The molecule has 102 valence electrons. The van der Waals surface area contributed by atoms with E-state index in [1.54, 1.807) is 0 Å². The summed E-state index contributed by atoms with van der Waals surface area (Å²) in [6.07, 6.45) is -2.66. The van der Waals surface area contributed by atoms with Crippen molar-refractivity contribution in [3.63, 3.8) is 0 Å². The zero-order chi connectivity index (χ0) is 14.4. The maximum atomic E-state index is 11.1. The molecule has 0 bridgehead atoms. The molecule has 0 saturated carbocycles. The van der Waals surface area contributed by atoms with Gasteiger partial charge in [0.2, 0.25) is 6.29 Å². The molecule has 1 aromatic carbocycles. The van der Waals surface area contributed by atoms with E-state index in [1.165, 1.54) is 12.1 Å². The number of rotatable bonds is 5. The number of hydrogen-bond acceptors (Lipinski definition) is 8. The number of ether oxygens (including phenoxy) is 2. The Balaban J connectivity index is 2.52. The molecular weight excluding hydrogens is 264 g/mol. The zero-order valence-corrected chi connectivity index (χ0v) is 9.55. The molecular formula is C9H8N2O8. The number of carbonyl (C=O) groups is 1. The number of hydrogen-bond donors (Lipinski definition) is 0. The van der Waals surface area contributed by atoms with Crippen LogP contribution >= 0.6 is 0 Å². The molecule has 10 heteroatoms. The molecule has 1 atom stereocenters. The lowest BCUT2D eigenvalue weighted by Gasteiger charge is -2.10. The average Bonchev–Trinajstić information content (AvgIpc) is 2.27. The van der Waals surface area contributed by atoms with E-state index in [9.17, 15) is 25.0 Å². The minimum Gasteiger partial charge on any atom is -0.404 e. The highest BCUT2D eigenvalue weighted by Crippen LogP contribution is 2.17. The summed E-state index contributed by atoms with van der Waals surface area (Å²) in [6.45, 7) is 1.12. The van der Waals surface area contributed by atoms with Crippen molar-refractivity contribution >= 4 is 11.8 Å². The highest BCUT2D eigenvalue weighted by molar-refractivity contribution is 5.64. The smallest absolute Gasteiger partial charge is 0.404 e. The van der Waals surface area contributed by atoms with Crippen LogP contribution in [0.3, 0.4) is 0 Å². The number of carbonyl (C=O) groups excluding carboxylic acids is 1. The van der Waals surface area contributed by atoms with Crippen LogP contribution in [0, 0.1) is 20.2 Å². The van der Waals surface area contributed by atoms with Crippen LogP contribution in [0.2, 0.25) is 0 Å². The van der Waals surface area contributed by atoms with Gasteiger partial charge in [-0.05, 0) is 19.1 Å². The fourth-order valence-electron chi connectivity index (χ4n) is 1.03. The molecule has 1 aromatic rings. The van der Waals surface area contributed by atoms with Crippen molar-refractivity contribution in [1.82, 2.24) is 0 Å².